The fraction of sp³-hybridized carbons (Fsp3) is 0. The molecule has 4 heteroatoms. The summed E-state index contributed by atoms with van der Waals surface area (Å²) in [5, 5.41) is 6.32. The highest BCUT2D eigenvalue weighted by Crippen LogP contribution is 2.22. The molecule has 0 unspecified atom stereocenters. The van der Waals surface area contributed by atoms with Gasteiger partial charge in [-0.2, -0.15) is 0 Å². The van der Waals surface area contributed by atoms with Crippen molar-refractivity contribution in [2.75, 3.05) is 0 Å². The smallest absolute Gasteiger partial charge is 0.336 e. The number of rotatable bonds is 1. The zero-order valence-corrected chi connectivity index (χ0v) is 7.51. The second-order valence-corrected chi connectivity index (χ2v) is 3.22. The topological polar surface area (TPSA) is 56.2 Å². The molecule has 0 amide bonds. The summed E-state index contributed by atoms with van der Waals surface area (Å²) in [6.07, 6.45) is 0. The third-order valence-corrected chi connectivity index (χ3v) is 2.36. The van der Waals surface area contributed by atoms with Crippen molar-refractivity contribution in [3.8, 4) is 0 Å². The van der Waals surface area contributed by atoms with E-state index < -0.39 is 0 Å². The Kier molecular flexibility index (Phi) is 2.08. The van der Waals surface area contributed by atoms with Crippen molar-refractivity contribution in [1.29, 1.82) is 0 Å². The number of hydrogen-bond donors (Lipinski definition) is 1. The highest BCUT2D eigenvalue weighted by Gasteiger charge is 2.01. The standard InChI is InChI=1S/C9H7NO2S/c10-13-8-3-1-2-7-6(8)4-5-9(11)12-7/h1-5H,10H2. The van der Waals surface area contributed by atoms with E-state index in [9.17, 15) is 4.79 Å². The summed E-state index contributed by atoms with van der Waals surface area (Å²) in [4.78, 5) is 11.8. The van der Waals surface area contributed by atoms with Crippen molar-refractivity contribution in [3.63, 3.8) is 0 Å². The minimum atomic E-state index is -0.341. The van der Waals surface area contributed by atoms with Gasteiger partial charge in [0.25, 0.3) is 0 Å². The van der Waals surface area contributed by atoms with E-state index in [2.05, 4.69) is 0 Å². The van der Waals surface area contributed by atoms with Crippen LogP contribution in [0.25, 0.3) is 11.0 Å². The van der Waals surface area contributed by atoms with Crippen LogP contribution in [0.3, 0.4) is 0 Å². The largest absolute Gasteiger partial charge is 0.423 e. The molecule has 1 aromatic heterocycles. The molecule has 66 valence electrons. The van der Waals surface area contributed by atoms with Crippen LogP contribution >= 0.6 is 11.9 Å². The molecular weight excluding hydrogens is 186 g/mol. The quantitative estimate of drug-likeness (QED) is 0.553. The minimum Gasteiger partial charge on any atom is -0.423 e. The SMILES string of the molecule is NSc1cccc2oc(=O)ccc12. The molecule has 0 atom stereocenters. The van der Waals surface area contributed by atoms with E-state index in [0.29, 0.717) is 5.58 Å². The van der Waals surface area contributed by atoms with Crippen molar-refractivity contribution in [2.24, 2.45) is 5.14 Å². The summed E-state index contributed by atoms with van der Waals surface area (Å²) in [6.45, 7) is 0. The predicted molar refractivity (Wildman–Crippen MR) is 52.5 cm³/mol. The third-order valence-electron chi connectivity index (χ3n) is 1.75. The summed E-state index contributed by atoms with van der Waals surface area (Å²) >= 11 is 1.14. The molecule has 2 rings (SSSR count). The lowest BCUT2D eigenvalue weighted by atomic mass is 10.2. The predicted octanol–water partition coefficient (Wildman–Crippen LogP) is 1.76. The fourth-order valence-corrected chi connectivity index (χ4v) is 1.63. The molecule has 1 heterocycles. The maximum atomic E-state index is 10.9. The van der Waals surface area contributed by atoms with E-state index in [-0.39, 0.29) is 5.63 Å². The van der Waals surface area contributed by atoms with Gasteiger partial charge in [-0.1, -0.05) is 6.07 Å². The van der Waals surface area contributed by atoms with Gasteiger partial charge in [-0.15, -0.1) is 0 Å². The maximum Gasteiger partial charge on any atom is 0.336 e. The van der Waals surface area contributed by atoms with Gasteiger partial charge >= 0.3 is 5.63 Å². The first-order chi connectivity index (χ1) is 6.31. The highest BCUT2D eigenvalue weighted by molar-refractivity contribution is 7.97. The average molecular weight is 193 g/mol. The molecule has 0 bridgehead atoms. The molecule has 0 fully saturated rings. The number of fused-ring (bicyclic) bond motifs is 1. The van der Waals surface area contributed by atoms with Crippen molar-refractivity contribution in [1.82, 2.24) is 0 Å². The molecule has 2 aromatic rings. The van der Waals surface area contributed by atoms with E-state index in [1.807, 2.05) is 6.07 Å². The Morgan fingerprint density at radius 3 is 2.85 bits per heavy atom. The number of benzene rings is 1. The number of nitrogens with two attached hydrogens (primary N) is 1. The van der Waals surface area contributed by atoms with Crippen molar-refractivity contribution >= 4 is 22.9 Å². The van der Waals surface area contributed by atoms with Gasteiger partial charge in [-0.05, 0) is 30.1 Å². The first kappa shape index (κ1) is 8.34. The van der Waals surface area contributed by atoms with Crippen LogP contribution < -0.4 is 10.8 Å². The van der Waals surface area contributed by atoms with E-state index in [1.165, 1.54) is 6.07 Å². The molecule has 0 saturated carbocycles. The first-order valence-corrected chi connectivity index (χ1v) is 4.59. The van der Waals surface area contributed by atoms with Crippen molar-refractivity contribution < 1.29 is 4.42 Å². The molecule has 0 spiro atoms. The van der Waals surface area contributed by atoms with Gasteiger partial charge in [0.15, 0.2) is 0 Å². The second-order valence-electron chi connectivity index (χ2n) is 2.54. The zero-order chi connectivity index (χ0) is 9.26. The van der Waals surface area contributed by atoms with Crippen LogP contribution in [0.15, 0.2) is 44.4 Å². The van der Waals surface area contributed by atoms with Gasteiger partial charge in [0.2, 0.25) is 0 Å². The summed E-state index contributed by atoms with van der Waals surface area (Å²) < 4.78 is 4.98. The molecule has 2 N–H and O–H groups in total. The van der Waals surface area contributed by atoms with E-state index in [4.69, 9.17) is 9.56 Å². The van der Waals surface area contributed by atoms with Gasteiger partial charge in [0.05, 0.1) is 0 Å². The Balaban J connectivity index is 2.85. The monoisotopic (exact) mass is 193 g/mol. The molecular formula is C9H7NO2S. The maximum absolute atomic E-state index is 10.9. The number of hydrogen-bond acceptors (Lipinski definition) is 4. The van der Waals surface area contributed by atoms with E-state index >= 15 is 0 Å². The van der Waals surface area contributed by atoms with Crippen LogP contribution in [-0.2, 0) is 0 Å². The Hall–Kier alpha value is -1.26. The lowest BCUT2D eigenvalue weighted by Gasteiger charge is -1.99. The minimum absolute atomic E-state index is 0.341. The van der Waals surface area contributed by atoms with Crippen LogP contribution in [0.4, 0.5) is 0 Å². The van der Waals surface area contributed by atoms with Crippen LogP contribution in [-0.4, -0.2) is 0 Å². The summed E-state index contributed by atoms with van der Waals surface area (Å²) in [7, 11) is 0. The normalized spacial score (nSPS) is 10.5. The van der Waals surface area contributed by atoms with Crippen LogP contribution in [0.1, 0.15) is 0 Å². The molecule has 3 nitrogen and oxygen atoms in total. The van der Waals surface area contributed by atoms with E-state index in [1.54, 1.807) is 18.2 Å². The molecule has 1 aromatic carbocycles. The van der Waals surface area contributed by atoms with Crippen LogP contribution in [0.5, 0.6) is 0 Å². The Labute approximate surface area is 78.7 Å². The Morgan fingerprint density at radius 1 is 1.23 bits per heavy atom. The molecule has 13 heavy (non-hydrogen) atoms. The lowest BCUT2D eigenvalue weighted by Crippen LogP contribution is -1.95. The second kappa shape index (κ2) is 3.24. The lowest BCUT2D eigenvalue weighted by molar-refractivity contribution is 0.560. The molecule has 0 aliphatic heterocycles. The Bertz CT molecular complexity index is 492. The summed E-state index contributed by atoms with van der Waals surface area (Å²) in [5.74, 6) is 0. The first-order valence-electron chi connectivity index (χ1n) is 3.71. The highest BCUT2D eigenvalue weighted by atomic mass is 32.2. The van der Waals surface area contributed by atoms with Crippen LogP contribution in [0.2, 0.25) is 0 Å². The molecule has 0 aliphatic carbocycles. The zero-order valence-electron chi connectivity index (χ0n) is 6.69. The molecule has 0 saturated heterocycles. The molecule has 0 radical (unpaired) electrons. The summed E-state index contributed by atoms with van der Waals surface area (Å²) in [5.41, 5.74) is 0.231. The Morgan fingerprint density at radius 2 is 2.08 bits per heavy atom. The summed E-state index contributed by atoms with van der Waals surface area (Å²) in [6, 6.07) is 8.54. The van der Waals surface area contributed by atoms with Gasteiger partial charge in [0, 0.05) is 16.3 Å². The van der Waals surface area contributed by atoms with Gasteiger partial charge in [-0.3, -0.25) is 5.14 Å². The van der Waals surface area contributed by atoms with Gasteiger partial charge < -0.3 is 4.42 Å². The third kappa shape index (κ3) is 1.46. The van der Waals surface area contributed by atoms with Gasteiger partial charge in [-0.25, -0.2) is 4.79 Å². The van der Waals surface area contributed by atoms with Gasteiger partial charge in [0.1, 0.15) is 5.58 Å². The average Bonchev–Trinajstić information content (AvgIpc) is 2.16. The van der Waals surface area contributed by atoms with Crippen molar-refractivity contribution in [3.05, 3.63) is 40.8 Å². The van der Waals surface area contributed by atoms with Crippen LogP contribution in [0, 0.1) is 0 Å². The van der Waals surface area contributed by atoms with E-state index in [0.717, 1.165) is 22.2 Å². The fourth-order valence-electron chi connectivity index (χ4n) is 1.17. The molecule has 0 aliphatic rings. The van der Waals surface area contributed by atoms with Crippen molar-refractivity contribution in [2.45, 2.75) is 4.90 Å².